The van der Waals surface area contributed by atoms with E-state index in [4.69, 9.17) is 20.8 Å². The summed E-state index contributed by atoms with van der Waals surface area (Å²) in [4.78, 5) is 14.1. The average Bonchev–Trinajstić information content (AvgIpc) is 3.13. The summed E-state index contributed by atoms with van der Waals surface area (Å²) in [6, 6.07) is 7.80. The Balaban J connectivity index is 1.87. The van der Waals surface area contributed by atoms with Crippen molar-refractivity contribution in [2.24, 2.45) is 0 Å². The van der Waals surface area contributed by atoms with Gasteiger partial charge in [-0.05, 0) is 44.2 Å². The fourth-order valence-corrected chi connectivity index (χ4v) is 5.32. The summed E-state index contributed by atoms with van der Waals surface area (Å²) >= 11 is 6.20. The van der Waals surface area contributed by atoms with Gasteiger partial charge in [0.15, 0.2) is 0 Å². The molecule has 1 saturated heterocycles. The molecule has 2 atom stereocenters. The van der Waals surface area contributed by atoms with Crippen molar-refractivity contribution < 1.29 is 22.4 Å². The summed E-state index contributed by atoms with van der Waals surface area (Å²) in [5, 5.41) is 0.0806. The number of ether oxygens (including phenoxy) is 1. The van der Waals surface area contributed by atoms with Gasteiger partial charge in [-0.2, -0.15) is 4.31 Å². The number of carbonyl (C=O) groups excluding carboxylic acids is 1. The van der Waals surface area contributed by atoms with Crippen LogP contribution in [0, 0.1) is 0 Å². The van der Waals surface area contributed by atoms with Crippen LogP contribution in [0.5, 0.6) is 0 Å². The Labute approximate surface area is 169 Å². The molecule has 1 aliphatic heterocycles. The number of morpholine rings is 1. The van der Waals surface area contributed by atoms with Crippen LogP contribution in [0.2, 0.25) is 5.02 Å². The van der Waals surface area contributed by atoms with Crippen LogP contribution in [-0.2, 0) is 21.3 Å². The van der Waals surface area contributed by atoms with E-state index in [0.29, 0.717) is 5.76 Å². The molecule has 9 heteroatoms. The maximum Gasteiger partial charge on any atom is 0.254 e. The van der Waals surface area contributed by atoms with Crippen LogP contribution in [-0.4, -0.2) is 55.9 Å². The van der Waals surface area contributed by atoms with E-state index >= 15 is 0 Å². The molecular weight excluding hydrogens is 404 g/mol. The molecule has 1 aliphatic rings. The van der Waals surface area contributed by atoms with Crippen molar-refractivity contribution in [2.45, 2.75) is 37.5 Å². The summed E-state index contributed by atoms with van der Waals surface area (Å²) in [6.07, 6.45) is 1.09. The Bertz CT molecular complexity index is 935. The molecule has 1 amide bonds. The van der Waals surface area contributed by atoms with Gasteiger partial charge in [-0.3, -0.25) is 4.79 Å². The summed E-state index contributed by atoms with van der Waals surface area (Å²) in [7, 11) is -2.23. The molecule has 0 aliphatic carbocycles. The van der Waals surface area contributed by atoms with E-state index in [-0.39, 0.29) is 53.2 Å². The van der Waals surface area contributed by atoms with Gasteiger partial charge in [-0.1, -0.05) is 11.6 Å². The fraction of sp³-hybridized carbons (Fsp3) is 0.421. The van der Waals surface area contributed by atoms with E-state index in [0.717, 1.165) is 0 Å². The molecule has 152 valence electrons. The lowest BCUT2D eigenvalue weighted by Gasteiger charge is -2.34. The van der Waals surface area contributed by atoms with Crippen molar-refractivity contribution in [1.29, 1.82) is 0 Å². The van der Waals surface area contributed by atoms with Crippen LogP contribution in [0.15, 0.2) is 45.9 Å². The molecule has 0 N–H and O–H groups in total. The molecule has 1 fully saturated rings. The first-order valence-corrected chi connectivity index (χ1v) is 10.7. The second kappa shape index (κ2) is 8.24. The lowest BCUT2D eigenvalue weighted by molar-refractivity contribution is -0.0440. The minimum absolute atomic E-state index is 0.0762. The smallest absolute Gasteiger partial charge is 0.254 e. The summed E-state index contributed by atoms with van der Waals surface area (Å²) in [6.45, 7) is 4.39. The Hall–Kier alpha value is -1.87. The van der Waals surface area contributed by atoms with Crippen LogP contribution < -0.4 is 0 Å². The first-order valence-electron chi connectivity index (χ1n) is 8.91. The number of nitrogens with zero attached hydrogens (tertiary/aromatic N) is 2. The molecule has 1 aromatic heterocycles. The van der Waals surface area contributed by atoms with E-state index in [1.165, 1.54) is 33.7 Å². The number of rotatable bonds is 5. The molecule has 1 aromatic carbocycles. The van der Waals surface area contributed by atoms with Crippen LogP contribution in [0.4, 0.5) is 0 Å². The molecule has 28 heavy (non-hydrogen) atoms. The van der Waals surface area contributed by atoms with Gasteiger partial charge in [0.05, 0.1) is 30.0 Å². The maximum atomic E-state index is 13.1. The maximum absolute atomic E-state index is 13.1. The van der Waals surface area contributed by atoms with Gasteiger partial charge in [0, 0.05) is 25.7 Å². The number of halogens is 1. The van der Waals surface area contributed by atoms with E-state index in [1.807, 2.05) is 13.8 Å². The Morgan fingerprint density at radius 1 is 1.25 bits per heavy atom. The monoisotopic (exact) mass is 426 g/mol. The van der Waals surface area contributed by atoms with Gasteiger partial charge in [0.1, 0.15) is 10.7 Å². The zero-order valence-corrected chi connectivity index (χ0v) is 17.5. The normalized spacial score (nSPS) is 20.9. The molecule has 0 bridgehead atoms. The van der Waals surface area contributed by atoms with Crippen molar-refractivity contribution in [2.75, 3.05) is 20.1 Å². The van der Waals surface area contributed by atoms with Crippen molar-refractivity contribution in [3.05, 3.63) is 52.9 Å². The third kappa shape index (κ3) is 4.41. The highest BCUT2D eigenvalue weighted by Crippen LogP contribution is 2.28. The third-order valence-electron chi connectivity index (χ3n) is 4.50. The highest BCUT2D eigenvalue weighted by atomic mass is 35.5. The lowest BCUT2D eigenvalue weighted by atomic mass is 10.2. The molecule has 2 unspecified atom stereocenters. The van der Waals surface area contributed by atoms with Gasteiger partial charge in [0.25, 0.3) is 5.91 Å². The minimum Gasteiger partial charge on any atom is -0.467 e. The number of furan rings is 1. The van der Waals surface area contributed by atoms with Crippen LogP contribution in [0.25, 0.3) is 0 Å². The van der Waals surface area contributed by atoms with Gasteiger partial charge < -0.3 is 14.1 Å². The largest absolute Gasteiger partial charge is 0.467 e. The minimum atomic E-state index is -3.86. The SMILES string of the molecule is CC1CN(S(=O)(=O)c2cc(C(=O)N(C)Cc3ccco3)ccc2Cl)CC(C)O1. The fourth-order valence-electron chi connectivity index (χ4n) is 3.23. The predicted molar refractivity (Wildman–Crippen MR) is 105 cm³/mol. The second-order valence-electron chi connectivity index (χ2n) is 6.97. The van der Waals surface area contributed by atoms with E-state index in [9.17, 15) is 13.2 Å². The predicted octanol–water partition coefficient (Wildman–Crippen LogP) is 3.00. The third-order valence-corrected chi connectivity index (χ3v) is 6.82. The first kappa shape index (κ1) is 20.9. The molecule has 7 nitrogen and oxygen atoms in total. The standard InChI is InChI=1S/C19H23ClN2O5S/c1-13-10-22(11-14(2)27-13)28(24,25)18-9-15(6-7-17(18)20)19(23)21(3)12-16-5-4-8-26-16/h4-9,13-14H,10-12H2,1-3H3. The number of hydrogen-bond donors (Lipinski definition) is 0. The van der Waals surface area contributed by atoms with Crippen molar-refractivity contribution in [3.8, 4) is 0 Å². The second-order valence-corrected chi connectivity index (χ2v) is 9.28. The number of hydrogen-bond acceptors (Lipinski definition) is 5. The van der Waals surface area contributed by atoms with Crippen molar-refractivity contribution in [3.63, 3.8) is 0 Å². The van der Waals surface area contributed by atoms with E-state index in [2.05, 4.69) is 0 Å². The average molecular weight is 427 g/mol. The topological polar surface area (TPSA) is 80.1 Å². The Kier molecular flexibility index (Phi) is 6.14. The highest BCUT2D eigenvalue weighted by molar-refractivity contribution is 7.89. The van der Waals surface area contributed by atoms with Gasteiger partial charge in [-0.15, -0.1) is 0 Å². The molecule has 0 radical (unpaired) electrons. The zero-order valence-electron chi connectivity index (χ0n) is 16.0. The van der Waals surface area contributed by atoms with Crippen LogP contribution in [0.3, 0.4) is 0 Å². The van der Waals surface area contributed by atoms with Crippen LogP contribution in [0.1, 0.15) is 30.0 Å². The molecular formula is C19H23ClN2O5S. The number of benzene rings is 1. The molecule has 3 rings (SSSR count). The summed E-state index contributed by atoms with van der Waals surface area (Å²) in [5.41, 5.74) is 0.242. The first-order chi connectivity index (χ1) is 13.2. The summed E-state index contributed by atoms with van der Waals surface area (Å²) in [5.74, 6) is 0.308. The summed E-state index contributed by atoms with van der Waals surface area (Å²) < 4.78 is 38.5. The van der Waals surface area contributed by atoms with Gasteiger partial charge in [0.2, 0.25) is 10.0 Å². The molecule has 2 aromatic rings. The molecule has 0 saturated carbocycles. The number of amides is 1. The quantitative estimate of drug-likeness (QED) is 0.734. The lowest BCUT2D eigenvalue weighted by Crippen LogP contribution is -2.48. The number of sulfonamides is 1. The van der Waals surface area contributed by atoms with Gasteiger partial charge >= 0.3 is 0 Å². The Morgan fingerprint density at radius 2 is 1.93 bits per heavy atom. The highest BCUT2D eigenvalue weighted by Gasteiger charge is 2.34. The van der Waals surface area contributed by atoms with Gasteiger partial charge in [-0.25, -0.2) is 8.42 Å². The zero-order chi connectivity index (χ0) is 20.5. The molecule has 2 heterocycles. The number of carbonyl (C=O) groups is 1. The van der Waals surface area contributed by atoms with E-state index in [1.54, 1.807) is 19.2 Å². The van der Waals surface area contributed by atoms with E-state index < -0.39 is 10.0 Å². The van der Waals surface area contributed by atoms with Crippen molar-refractivity contribution in [1.82, 2.24) is 9.21 Å². The van der Waals surface area contributed by atoms with Crippen LogP contribution >= 0.6 is 11.6 Å². The Morgan fingerprint density at radius 3 is 2.54 bits per heavy atom. The van der Waals surface area contributed by atoms with Crippen molar-refractivity contribution >= 4 is 27.5 Å². The molecule has 0 spiro atoms.